The Labute approximate surface area is 166 Å². The second-order valence-corrected chi connectivity index (χ2v) is 8.74. The number of hydrogen-bond donors (Lipinski definition) is 1. The van der Waals surface area contributed by atoms with Crippen molar-refractivity contribution < 1.29 is 9.59 Å². The van der Waals surface area contributed by atoms with Crippen molar-refractivity contribution in [1.29, 1.82) is 0 Å². The van der Waals surface area contributed by atoms with Crippen molar-refractivity contribution in [3.8, 4) is 0 Å². The molecule has 24 heavy (non-hydrogen) atoms. The Morgan fingerprint density at radius 1 is 1.29 bits per heavy atom. The van der Waals surface area contributed by atoms with E-state index in [9.17, 15) is 9.59 Å². The number of hydrogen-bond acceptors (Lipinski definition) is 5. The first-order chi connectivity index (χ1) is 11.5. The summed E-state index contributed by atoms with van der Waals surface area (Å²) in [5.74, 6) is -0.499. The van der Waals surface area contributed by atoms with Crippen LogP contribution >= 0.6 is 57.9 Å². The first kappa shape index (κ1) is 17.6. The molecule has 1 aliphatic rings. The van der Waals surface area contributed by atoms with Crippen LogP contribution in [0.2, 0.25) is 0 Å². The number of thiocarbonyl (C=S) groups is 1. The summed E-state index contributed by atoms with van der Waals surface area (Å²) in [6.45, 7) is -0.0849. The van der Waals surface area contributed by atoms with Gasteiger partial charge in [-0.05, 0) is 64.4 Å². The van der Waals surface area contributed by atoms with Gasteiger partial charge in [-0.25, -0.2) is 0 Å². The summed E-state index contributed by atoms with van der Waals surface area (Å²) >= 11 is 10.2. The van der Waals surface area contributed by atoms with Crippen molar-refractivity contribution in [1.82, 2.24) is 4.90 Å². The smallest absolute Gasteiger partial charge is 0.266 e. The first-order valence-corrected chi connectivity index (χ1v) is 10.1. The molecule has 2 amide bonds. The molecule has 1 fully saturated rings. The highest BCUT2D eigenvalue weighted by atomic mass is 127. The zero-order chi connectivity index (χ0) is 17.1. The maximum Gasteiger partial charge on any atom is 0.266 e. The van der Waals surface area contributed by atoms with Crippen molar-refractivity contribution in [3.05, 3.63) is 55.1 Å². The van der Waals surface area contributed by atoms with Gasteiger partial charge in [0.15, 0.2) is 0 Å². The lowest BCUT2D eigenvalue weighted by Gasteiger charge is -2.14. The highest BCUT2D eigenvalue weighted by Gasteiger charge is 2.33. The van der Waals surface area contributed by atoms with E-state index >= 15 is 0 Å². The van der Waals surface area contributed by atoms with Crippen LogP contribution in [-0.4, -0.2) is 27.6 Å². The molecule has 2 aromatic rings. The lowest BCUT2D eigenvalue weighted by molar-refractivity contribution is -0.126. The Bertz CT molecular complexity index is 816. The molecule has 2 heterocycles. The zero-order valence-corrected chi connectivity index (χ0v) is 16.8. The van der Waals surface area contributed by atoms with E-state index in [-0.39, 0.29) is 18.4 Å². The molecule has 0 bridgehead atoms. The van der Waals surface area contributed by atoms with Crippen LogP contribution in [0.15, 0.2) is 46.7 Å². The summed E-state index contributed by atoms with van der Waals surface area (Å²) < 4.78 is 1.49. The predicted molar refractivity (Wildman–Crippen MR) is 112 cm³/mol. The van der Waals surface area contributed by atoms with Crippen LogP contribution in [0.1, 0.15) is 4.88 Å². The lowest BCUT2D eigenvalue weighted by atomic mass is 10.3. The predicted octanol–water partition coefficient (Wildman–Crippen LogP) is 4.19. The highest BCUT2D eigenvalue weighted by molar-refractivity contribution is 14.1. The quantitative estimate of drug-likeness (QED) is 0.400. The number of halogens is 1. The van der Waals surface area contributed by atoms with Crippen LogP contribution in [0.4, 0.5) is 5.69 Å². The standard InChI is InChI=1S/C16H11IN2O2S3/c17-10-3-5-11(6-4-10)18-14(20)9-19-15(21)13(24-16(19)22)8-12-2-1-7-23-12/h1-8H,9H2,(H,18,20)/b13-8+. The minimum atomic E-state index is -0.273. The van der Waals surface area contributed by atoms with Crippen molar-refractivity contribution in [3.63, 3.8) is 0 Å². The monoisotopic (exact) mass is 486 g/mol. The van der Waals surface area contributed by atoms with Crippen molar-refractivity contribution >= 4 is 85.8 Å². The van der Waals surface area contributed by atoms with E-state index in [0.717, 1.165) is 8.45 Å². The Kier molecular flexibility index (Phi) is 5.69. The van der Waals surface area contributed by atoms with Gasteiger partial charge in [-0.15, -0.1) is 11.3 Å². The van der Waals surface area contributed by atoms with E-state index in [0.29, 0.717) is 14.9 Å². The highest BCUT2D eigenvalue weighted by Crippen LogP contribution is 2.33. The third kappa shape index (κ3) is 4.24. The van der Waals surface area contributed by atoms with Crippen LogP contribution in [0.5, 0.6) is 0 Å². The second kappa shape index (κ2) is 7.77. The summed E-state index contributed by atoms with van der Waals surface area (Å²) in [6, 6.07) is 11.3. The van der Waals surface area contributed by atoms with Gasteiger partial charge in [-0.3, -0.25) is 14.5 Å². The molecule has 1 saturated heterocycles. The topological polar surface area (TPSA) is 49.4 Å². The third-order valence-corrected chi connectivity index (χ3v) is 6.04. The number of nitrogens with zero attached hydrogens (tertiary/aromatic N) is 1. The molecule has 1 aromatic heterocycles. The molecule has 0 atom stereocenters. The molecule has 0 unspecified atom stereocenters. The Morgan fingerprint density at radius 2 is 2.04 bits per heavy atom. The van der Waals surface area contributed by atoms with Gasteiger partial charge in [0.25, 0.3) is 5.91 Å². The molecule has 0 saturated carbocycles. The molecule has 8 heteroatoms. The number of nitrogens with one attached hydrogen (secondary N) is 1. The minimum Gasteiger partial charge on any atom is -0.325 e. The van der Waals surface area contributed by atoms with Crippen LogP contribution in [0, 0.1) is 3.57 Å². The Morgan fingerprint density at radius 3 is 2.71 bits per heavy atom. The van der Waals surface area contributed by atoms with Gasteiger partial charge in [0, 0.05) is 14.1 Å². The van der Waals surface area contributed by atoms with Gasteiger partial charge in [0.2, 0.25) is 5.91 Å². The molecule has 0 aliphatic carbocycles. The summed E-state index contributed by atoms with van der Waals surface area (Å²) in [4.78, 5) is 27.5. The Balaban J connectivity index is 1.66. The van der Waals surface area contributed by atoms with Crippen molar-refractivity contribution in [2.75, 3.05) is 11.9 Å². The first-order valence-electron chi connectivity index (χ1n) is 6.87. The summed E-state index contributed by atoms with van der Waals surface area (Å²) in [5, 5.41) is 4.72. The summed E-state index contributed by atoms with van der Waals surface area (Å²) in [7, 11) is 0. The van der Waals surface area contributed by atoms with Crippen LogP contribution < -0.4 is 5.32 Å². The summed E-state index contributed by atoms with van der Waals surface area (Å²) in [6.07, 6.45) is 1.81. The van der Waals surface area contributed by atoms with Crippen LogP contribution in [-0.2, 0) is 9.59 Å². The molecule has 1 N–H and O–H groups in total. The fraction of sp³-hybridized carbons (Fsp3) is 0.0625. The van der Waals surface area contributed by atoms with Gasteiger partial charge >= 0.3 is 0 Å². The molecule has 1 aliphatic heterocycles. The minimum absolute atomic E-state index is 0.0849. The molecular formula is C16H11IN2O2S3. The largest absolute Gasteiger partial charge is 0.325 e. The molecule has 4 nitrogen and oxygen atoms in total. The van der Waals surface area contributed by atoms with Gasteiger partial charge in [0.05, 0.1) is 4.91 Å². The van der Waals surface area contributed by atoms with Gasteiger partial charge < -0.3 is 5.32 Å². The molecule has 0 spiro atoms. The lowest BCUT2D eigenvalue weighted by Crippen LogP contribution is -2.36. The van der Waals surface area contributed by atoms with Gasteiger partial charge in [-0.2, -0.15) is 0 Å². The molecule has 3 rings (SSSR count). The van der Waals surface area contributed by atoms with E-state index in [4.69, 9.17) is 12.2 Å². The number of rotatable bonds is 4. The number of benzene rings is 1. The molecule has 122 valence electrons. The van der Waals surface area contributed by atoms with E-state index in [1.165, 1.54) is 16.7 Å². The summed E-state index contributed by atoms with van der Waals surface area (Å²) in [5.41, 5.74) is 0.694. The maximum absolute atomic E-state index is 12.4. The number of carbonyl (C=O) groups excluding carboxylic acids is 2. The Hall–Kier alpha value is -1.23. The van der Waals surface area contributed by atoms with Crippen molar-refractivity contribution in [2.45, 2.75) is 0 Å². The number of anilines is 1. The average molecular weight is 486 g/mol. The second-order valence-electron chi connectivity index (χ2n) is 4.84. The van der Waals surface area contributed by atoms with Gasteiger partial charge in [0.1, 0.15) is 10.9 Å². The molecule has 0 radical (unpaired) electrons. The normalized spacial score (nSPS) is 16.0. The van der Waals surface area contributed by atoms with E-state index in [2.05, 4.69) is 27.9 Å². The van der Waals surface area contributed by atoms with E-state index in [1.807, 2.05) is 41.8 Å². The number of carbonyl (C=O) groups is 2. The molecular weight excluding hydrogens is 475 g/mol. The fourth-order valence-corrected chi connectivity index (χ4v) is 4.35. The third-order valence-electron chi connectivity index (χ3n) is 3.12. The van der Waals surface area contributed by atoms with Gasteiger partial charge in [-0.1, -0.05) is 30.0 Å². The van der Waals surface area contributed by atoms with Crippen LogP contribution in [0.3, 0.4) is 0 Å². The fourth-order valence-electron chi connectivity index (χ4n) is 2.02. The number of thiophene rings is 1. The zero-order valence-electron chi connectivity index (χ0n) is 12.2. The SMILES string of the molecule is O=C(CN1C(=O)/C(=C\c2cccs2)SC1=S)Nc1ccc(I)cc1. The number of thioether (sulfide) groups is 1. The maximum atomic E-state index is 12.4. The van der Waals surface area contributed by atoms with Crippen molar-refractivity contribution in [2.24, 2.45) is 0 Å². The molecule has 1 aromatic carbocycles. The van der Waals surface area contributed by atoms with Crippen LogP contribution in [0.25, 0.3) is 6.08 Å². The average Bonchev–Trinajstić information content (AvgIpc) is 3.14. The van der Waals surface area contributed by atoms with E-state index < -0.39 is 0 Å². The number of amides is 2. The van der Waals surface area contributed by atoms with E-state index in [1.54, 1.807) is 17.4 Å².